The highest BCUT2D eigenvalue weighted by Crippen LogP contribution is 2.17. The molecule has 0 aromatic heterocycles. The highest BCUT2D eigenvalue weighted by atomic mass is 16.7. The molecule has 1 atom stereocenters. The zero-order valence-electron chi connectivity index (χ0n) is 11.5. The predicted octanol–water partition coefficient (Wildman–Crippen LogP) is 1.84. The average Bonchev–Trinajstić information content (AvgIpc) is 2.30. The lowest BCUT2D eigenvalue weighted by Crippen LogP contribution is -2.34. The van der Waals surface area contributed by atoms with Crippen LogP contribution < -0.4 is 5.90 Å². The van der Waals surface area contributed by atoms with E-state index in [1.165, 1.54) is 0 Å². The lowest BCUT2D eigenvalue weighted by Gasteiger charge is -2.22. The van der Waals surface area contributed by atoms with Crippen LogP contribution in [0.25, 0.3) is 10.4 Å². The third-order valence-corrected chi connectivity index (χ3v) is 2.16. The summed E-state index contributed by atoms with van der Waals surface area (Å²) in [5.41, 5.74) is 7.43. The third-order valence-electron chi connectivity index (χ3n) is 2.16. The van der Waals surface area contributed by atoms with E-state index in [1.54, 1.807) is 20.8 Å². The Hall–Kier alpha value is -1.79. The van der Waals surface area contributed by atoms with E-state index in [9.17, 15) is 9.59 Å². The summed E-state index contributed by atoms with van der Waals surface area (Å²) in [6, 6.07) is 0. The van der Waals surface area contributed by atoms with Crippen molar-refractivity contribution in [2.45, 2.75) is 45.6 Å². The molecule has 0 bridgehead atoms. The van der Waals surface area contributed by atoms with Crippen LogP contribution in [0, 0.1) is 5.92 Å². The van der Waals surface area contributed by atoms with Crippen molar-refractivity contribution in [1.29, 1.82) is 0 Å². The van der Waals surface area contributed by atoms with Crippen LogP contribution in [0.2, 0.25) is 0 Å². The molecule has 108 valence electrons. The Morgan fingerprint density at radius 1 is 1.32 bits per heavy atom. The van der Waals surface area contributed by atoms with Crippen molar-refractivity contribution < 1.29 is 19.2 Å². The molecular weight excluding hydrogens is 252 g/mol. The number of esters is 1. The maximum absolute atomic E-state index is 11.8. The van der Waals surface area contributed by atoms with Crippen LogP contribution in [-0.2, 0) is 19.2 Å². The van der Waals surface area contributed by atoms with Gasteiger partial charge in [-0.3, -0.25) is 4.79 Å². The molecule has 0 amide bonds. The lowest BCUT2D eigenvalue weighted by molar-refractivity contribution is -0.169. The van der Waals surface area contributed by atoms with Gasteiger partial charge < -0.3 is 9.57 Å². The Morgan fingerprint density at radius 2 is 1.95 bits per heavy atom. The molecule has 0 aliphatic carbocycles. The first-order valence-electron chi connectivity index (χ1n) is 5.96. The molecule has 0 aromatic rings. The Labute approximate surface area is 111 Å². The Balaban J connectivity index is 4.42. The van der Waals surface area contributed by atoms with E-state index >= 15 is 0 Å². The Kier molecular flexibility index (Phi) is 7.55. The maximum Gasteiger partial charge on any atom is 0.338 e. The number of ether oxygens (including phenoxy) is 1. The van der Waals surface area contributed by atoms with Gasteiger partial charge in [0.15, 0.2) is 5.92 Å². The lowest BCUT2D eigenvalue weighted by atomic mass is 10.0. The fourth-order valence-electron chi connectivity index (χ4n) is 1.36. The van der Waals surface area contributed by atoms with Crippen LogP contribution >= 0.6 is 0 Å². The Bertz CT molecular complexity index is 358. The topological polar surface area (TPSA) is 127 Å². The number of azide groups is 1. The summed E-state index contributed by atoms with van der Waals surface area (Å²) < 4.78 is 5.12. The largest absolute Gasteiger partial charge is 0.459 e. The summed E-state index contributed by atoms with van der Waals surface area (Å²) in [6.07, 6.45) is 1.34. The zero-order valence-corrected chi connectivity index (χ0v) is 11.5. The van der Waals surface area contributed by atoms with Crippen LogP contribution in [0.3, 0.4) is 0 Å². The highest BCUT2D eigenvalue weighted by molar-refractivity contribution is 5.94. The fourth-order valence-corrected chi connectivity index (χ4v) is 1.36. The van der Waals surface area contributed by atoms with Gasteiger partial charge in [0.05, 0.1) is 0 Å². The quantitative estimate of drug-likeness (QED) is 0.144. The van der Waals surface area contributed by atoms with Crippen molar-refractivity contribution in [3.05, 3.63) is 10.4 Å². The van der Waals surface area contributed by atoms with Gasteiger partial charge >= 0.3 is 11.9 Å². The predicted molar refractivity (Wildman–Crippen MR) is 67.5 cm³/mol. The van der Waals surface area contributed by atoms with E-state index in [-0.39, 0.29) is 6.42 Å². The van der Waals surface area contributed by atoms with Gasteiger partial charge in [-0.15, -0.1) is 0 Å². The molecule has 0 saturated heterocycles. The number of carbonyl (C=O) groups excluding carboxylic acids is 2. The molecular formula is C11H20N4O4. The number of nitrogens with zero attached hydrogens (tertiary/aromatic N) is 3. The minimum atomic E-state index is -1.05. The van der Waals surface area contributed by atoms with E-state index in [2.05, 4.69) is 14.9 Å². The molecule has 0 aliphatic heterocycles. The van der Waals surface area contributed by atoms with E-state index in [1.807, 2.05) is 0 Å². The van der Waals surface area contributed by atoms with Gasteiger partial charge in [0.25, 0.3) is 0 Å². The Morgan fingerprint density at radius 3 is 2.42 bits per heavy atom. The van der Waals surface area contributed by atoms with Gasteiger partial charge in [0.2, 0.25) is 0 Å². The SMILES string of the molecule is CC(C)(C)OC(=O)[C@@H](CCCCN=[N+]=[N-])C(=O)ON. The van der Waals surface area contributed by atoms with Gasteiger partial charge in [-0.2, -0.15) is 5.90 Å². The number of rotatable bonds is 7. The maximum atomic E-state index is 11.8. The summed E-state index contributed by atoms with van der Waals surface area (Å²) in [5.74, 6) is 2.27. The third kappa shape index (κ3) is 8.01. The minimum absolute atomic E-state index is 0.242. The first-order chi connectivity index (χ1) is 8.81. The van der Waals surface area contributed by atoms with Gasteiger partial charge in [0.1, 0.15) is 5.60 Å². The van der Waals surface area contributed by atoms with Crippen molar-refractivity contribution in [2.75, 3.05) is 6.54 Å². The van der Waals surface area contributed by atoms with Crippen LogP contribution in [0.5, 0.6) is 0 Å². The number of unbranched alkanes of at least 4 members (excludes halogenated alkanes) is 1. The van der Waals surface area contributed by atoms with Crippen LogP contribution in [0.1, 0.15) is 40.0 Å². The molecule has 0 saturated carbocycles. The molecule has 8 heteroatoms. The van der Waals surface area contributed by atoms with E-state index < -0.39 is 23.5 Å². The summed E-state index contributed by atoms with van der Waals surface area (Å²) in [5, 5.41) is 3.36. The second-order valence-corrected chi connectivity index (χ2v) is 4.97. The van der Waals surface area contributed by atoms with E-state index in [4.69, 9.17) is 16.2 Å². The molecule has 0 rings (SSSR count). The average molecular weight is 272 g/mol. The molecule has 8 nitrogen and oxygen atoms in total. The van der Waals surface area contributed by atoms with Gasteiger partial charge in [-0.05, 0) is 39.1 Å². The highest BCUT2D eigenvalue weighted by Gasteiger charge is 2.31. The van der Waals surface area contributed by atoms with Gasteiger partial charge in [0, 0.05) is 11.5 Å². The van der Waals surface area contributed by atoms with Crippen LogP contribution in [-0.4, -0.2) is 24.1 Å². The van der Waals surface area contributed by atoms with Gasteiger partial charge in [-0.1, -0.05) is 11.5 Å². The molecule has 0 heterocycles. The number of hydrogen-bond acceptors (Lipinski definition) is 6. The summed E-state index contributed by atoms with van der Waals surface area (Å²) in [4.78, 5) is 30.0. The van der Waals surface area contributed by atoms with Crippen molar-refractivity contribution in [2.24, 2.45) is 16.9 Å². The van der Waals surface area contributed by atoms with Crippen LogP contribution in [0.4, 0.5) is 0 Å². The van der Waals surface area contributed by atoms with Crippen molar-refractivity contribution in [1.82, 2.24) is 0 Å². The molecule has 0 spiro atoms. The first-order valence-corrected chi connectivity index (χ1v) is 5.96. The minimum Gasteiger partial charge on any atom is -0.459 e. The van der Waals surface area contributed by atoms with E-state index in [0.717, 1.165) is 0 Å². The molecule has 0 radical (unpaired) electrons. The fraction of sp³-hybridized carbons (Fsp3) is 0.818. The summed E-state index contributed by atoms with van der Waals surface area (Å²) >= 11 is 0. The molecule has 0 unspecified atom stereocenters. The normalized spacial score (nSPS) is 12.2. The number of nitrogens with two attached hydrogens (primary N) is 1. The monoisotopic (exact) mass is 272 g/mol. The molecule has 0 aliphatic rings. The number of carbonyl (C=O) groups is 2. The van der Waals surface area contributed by atoms with Crippen molar-refractivity contribution in [3.63, 3.8) is 0 Å². The van der Waals surface area contributed by atoms with Gasteiger partial charge in [-0.25, -0.2) is 4.79 Å². The van der Waals surface area contributed by atoms with E-state index in [0.29, 0.717) is 19.4 Å². The zero-order chi connectivity index (χ0) is 14.9. The van der Waals surface area contributed by atoms with Crippen molar-refractivity contribution in [3.8, 4) is 0 Å². The summed E-state index contributed by atoms with van der Waals surface area (Å²) in [6.45, 7) is 5.43. The second kappa shape index (κ2) is 8.34. The first kappa shape index (κ1) is 17.2. The standard InChI is InChI=1S/C11H20N4O4/c1-11(2,3)18-9(16)8(10(17)19-13)6-4-5-7-14-15-12/h8H,4-7,13H2,1-3H3/t8-/m1/s1. The van der Waals surface area contributed by atoms with Crippen molar-refractivity contribution >= 4 is 11.9 Å². The molecule has 0 fully saturated rings. The molecule has 0 aromatic carbocycles. The number of hydrogen-bond donors (Lipinski definition) is 1. The smallest absolute Gasteiger partial charge is 0.338 e. The molecule has 19 heavy (non-hydrogen) atoms. The second-order valence-electron chi connectivity index (χ2n) is 4.97. The van der Waals surface area contributed by atoms with Crippen LogP contribution in [0.15, 0.2) is 5.11 Å². The summed E-state index contributed by atoms with van der Waals surface area (Å²) in [7, 11) is 0. The molecule has 2 N–H and O–H groups in total.